The van der Waals surface area contributed by atoms with Gasteiger partial charge in [-0.2, -0.15) is 0 Å². The van der Waals surface area contributed by atoms with Gasteiger partial charge in [-0.05, 0) is 31.0 Å². The first-order valence-electron chi connectivity index (χ1n) is 6.31. The molecule has 0 aliphatic heterocycles. The van der Waals surface area contributed by atoms with Crippen LogP contribution in [0, 0.1) is 0 Å². The molecular weight excluding hydrogens is 272 g/mol. The van der Waals surface area contributed by atoms with Crippen molar-refractivity contribution in [3.8, 4) is 0 Å². The van der Waals surface area contributed by atoms with Crippen LogP contribution in [0.2, 0.25) is 0 Å². The summed E-state index contributed by atoms with van der Waals surface area (Å²) in [6.07, 6.45) is 0.689. The number of para-hydroxylation sites is 2. The predicted molar refractivity (Wildman–Crippen MR) is 85.4 cm³/mol. The lowest BCUT2D eigenvalue weighted by atomic mass is 10.3. The molecule has 5 heteroatoms. The van der Waals surface area contributed by atoms with Crippen molar-refractivity contribution in [3.05, 3.63) is 42.2 Å². The van der Waals surface area contributed by atoms with E-state index in [4.69, 9.17) is 4.42 Å². The van der Waals surface area contributed by atoms with Gasteiger partial charge < -0.3 is 9.73 Å². The molecule has 0 bridgehead atoms. The van der Waals surface area contributed by atoms with Gasteiger partial charge in [0, 0.05) is 0 Å². The fourth-order valence-electron chi connectivity index (χ4n) is 1.42. The number of benzene rings is 1. The van der Waals surface area contributed by atoms with Crippen LogP contribution in [0.5, 0.6) is 0 Å². The first-order chi connectivity index (χ1) is 9.83. The second-order valence-electron chi connectivity index (χ2n) is 3.42. The number of rotatable bonds is 6. The van der Waals surface area contributed by atoms with Crippen LogP contribution in [0.1, 0.15) is 24.4 Å². The smallest absolute Gasteiger partial charge is 0.185 e. The fraction of sp³-hybridized carbons (Fsp3) is 0.200. The molecule has 0 spiro atoms. The molecule has 0 aliphatic rings. The van der Waals surface area contributed by atoms with Crippen molar-refractivity contribution in [3.63, 3.8) is 0 Å². The van der Waals surface area contributed by atoms with Crippen molar-refractivity contribution in [2.24, 2.45) is 4.99 Å². The number of hydrogen-bond donors (Lipinski definition) is 1. The highest BCUT2D eigenvalue weighted by Gasteiger charge is 2.02. The van der Waals surface area contributed by atoms with Crippen LogP contribution in [0.3, 0.4) is 0 Å². The summed E-state index contributed by atoms with van der Waals surface area (Å²) in [4.78, 5) is 14.4. The average Bonchev–Trinajstić information content (AvgIpc) is 2.98. The average molecular weight is 290 g/mol. The van der Waals surface area contributed by atoms with Crippen molar-refractivity contribution >= 4 is 36.1 Å². The molecular formula is C15H18N2O2S. The van der Waals surface area contributed by atoms with Gasteiger partial charge in [-0.3, -0.25) is 9.79 Å². The molecule has 4 nitrogen and oxygen atoms in total. The van der Waals surface area contributed by atoms with Gasteiger partial charge in [0.2, 0.25) is 0 Å². The van der Waals surface area contributed by atoms with Crippen molar-refractivity contribution in [2.45, 2.75) is 18.9 Å². The van der Waals surface area contributed by atoms with Crippen LogP contribution >= 0.6 is 11.8 Å². The summed E-state index contributed by atoms with van der Waals surface area (Å²) < 4.78 is 5.25. The van der Waals surface area contributed by atoms with E-state index in [1.165, 1.54) is 11.8 Å². The van der Waals surface area contributed by atoms with Crippen LogP contribution in [0.15, 0.2) is 50.9 Å². The third-order valence-corrected chi connectivity index (χ3v) is 3.06. The molecule has 106 valence electrons. The van der Waals surface area contributed by atoms with Crippen LogP contribution in [-0.4, -0.2) is 18.9 Å². The van der Waals surface area contributed by atoms with Crippen molar-refractivity contribution < 1.29 is 9.21 Å². The van der Waals surface area contributed by atoms with E-state index in [2.05, 4.69) is 17.0 Å². The lowest BCUT2D eigenvalue weighted by Gasteiger charge is -2.07. The van der Waals surface area contributed by atoms with Gasteiger partial charge in [-0.1, -0.05) is 37.7 Å². The van der Waals surface area contributed by atoms with Crippen LogP contribution in [-0.2, 0) is 0 Å². The van der Waals surface area contributed by atoms with Crippen LogP contribution in [0.25, 0.3) is 0 Å². The minimum atomic E-state index is 0.339. The molecule has 20 heavy (non-hydrogen) atoms. The van der Waals surface area contributed by atoms with E-state index < -0.39 is 0 Å². The lowest BCUT2D eigenvalue weighted by Crippen LogP contribution is -1.96. The Kier molecular flexibility index (Phi) is 7.21. The highest BCUT2D eigenvalue weighted by molar-refractivity contribution is 7.99. The zero-order chi connectivity index (χ0) is 14.8. The molecule has 0 radical (unpaired) electrons. The predicted octanol–water partition coefficient (Wildman–Crippen LogP) is 4.61. The van der Waals surface area contributed by atoms with Gasteiger partial charge in [0.05, 0.1) is 17.3 Å². The third-order valence-electron chi connectivity index (χ3n) is 2.27. The Hall–Kier alpha value is -2.01. The molecule has 0 saturated carbocycles. The van der Waals surface area contributed by atoms with E-state index >= 15 is 0 Å². The zero-order valence-corrected chi connectivity index (χ0v) is 12.4. The number of hydrogen-bond acceptors (Lipinski definition) is 5. The highest BCUT2D eigenvalue weighted by atomic mass is 32.2. The Bertz CT molecular complexity index is 552. The summed E-state index contributed by atoms with van der Waals surface area (Å²) >= 11 is 1.47. The number of anilines is 1. The van der Waals surface area contributed by atoms with Crippen molar-refractivity contribution in [1.29, 1.82) is 0 Å². The summed E-state index contributed by atoms with van der Waals surface area (Å²) in [5, 5.41) is 3.92. The van der Waals surface area contributed by atoms with E-state index in [9.17, 15) is 4.79 Å². The molecule has 0 fully saturated rings. The maximum absolute atomic E-state index is 10.5. The van der Waals surface area contributed by atoms with Crippen LogP contribution < -0.4 is 5.32 Å². The molecule has 0 amide bonds. The van der Waals surface area contributed by atoms with Crippen molar-refractivity contribution in [2.75, 3.05) is 11.2 Å². The summed E-state index contributed by atoms with van der Waals surface area (Å²) in [5.41, 5.74) is 1.73. The fourth-order valence-corrected chi connectivity index (χ4v) is 2.11. The van der Waals surface area contributed by atoms with E-state index in [1.807, 2.05) is 38.1 Å². The van der Waals surface area contributed by atoms with Gasteiger partial charge in [0.15, 0.2) is 17.1 Å². The first kappa shape index (κ1) is 16.0. The maximum atomic E-state index is 10.5. The molecule has 0 saturated heterocycles. The van der Waals surface area contributed by atoms with E-state index in [1.54, 1.807) is 12.1 Å². The number of aldehydes is 1. The Morgan fingerprint density at radius 1 is 1.30 bits per heavy atom. The number of thioether (sulfide) groups is 1. The topological polar surface area (TPSA) is 54.6 Å². The van der Waals surface area contributed by atoms with Gasteiger partial charge >= 0.3 is 0 Å². The van der Waals surface area contributed by atoms with Gasteiger partial charge in [-0.15, -0.1) is 0 Å². The van der Waals surface area contributed by atoms with E-state index in [-0.39, 0.29) is 0 Å². The molecule has 2 rings (SSSR count). The van der Waals surface area contributed by atoms with E-state index in [0.717, 1.165) is 11.4 Å². The molecule has 0 atom stereocenters. The lowest BCUT2D eigenvalue weighted by molar-refractivity contribution is 0.109. The summed E-state index contributed by atoms with van der Waals surface area (Å²) in [5.74, 6) is 0.962. The Morgan fingerprint density at radius 2 is 2.05 bits per heavy atom. The first-order valence-corrected chi connectivity index (χ1v) is 7.29. The number of carbonyl (C=O) groups excluding carboxylic acids is 1. The monoisotopic (exact) mass is 290 g/mol. The second-order valence-corrected chi connectivity index (χ2v) is 4.40. The Labute approximate surface area is 123 Å². The minimum Gasteiger partial charge on any atom is -0.447 e. The quantitative estimate of drug-likeness (QED) is 0.365. The molecule has 1 aromatic heterocycles. The largest absolute Gasteiger partial charge is 0.447 e. The molecule has 1 aromatic carbocycles. The normalized spacial score (nSPS) is 9.30. The van der Waals surface area contributed by atoms with Gasteiger partial charge in [0.1, 0.15) is 0 Å². The van der Waals surface area contributed by atoms with E-state index in [0.29, 0.717) is 23.0 Å². The highest BCUT2D eigenvalue weighted by Crippen LogP contribution is 2.26. The van der Waals surface area contributed by atoms with Crippen LogP contribution in [0.4, 0.5) is 11.4 Å². The number of furan rings is 1. The number of carbonyl (C=O) groups is 1. The number of nitrogens with zero attached hydrogens (tertiary/aromatic N) is 1. The summed E-state index contributed by atoms with van der Waals surface area (Å²) in [7, 11) is 0. The van der Waals surface area contributed by atoms with Crippen molar-refractivity contribution in [1.82, 2.24) is 0 Å². The number of nitrogens with one attached hydrogen (secondary N) is 1. The Balaban J connectivity index is 0.000000956. The second kappa shape index (κ2) is 8.98. The van der Waals surface area contributed by atoms with Gasteiger partial charge in [-0.25, -0.2) is 0 Å². The Morgan fingerprint density at radius 3 is 2.70 bits per heavy atom. The third kappa shape index (κ3) is 4.59. The zero-order valence-electron chi connectivity index (χ0n) is 11.6. The molecule has 0 aliphatic carbocycles. The maximum Gasteiger partial charge on any atom is 0.185 e. The minimum absolute atomic E-state index is 0.339. The number of aliphatic imine (C=N–C) groups is 1. The SMILES string of the molecule is C=Nc1ccccc1NCSc1ccc(C=O)o1.CC. The molecule has 1 N–H and O–H groups in total. The summed E-state index contributed by atoms with van der Waals surface area (Å²) in [6.45, 7) is 7.52. The van der Waals surface area contributed by atoms with Gasteiger partial charge in [0.25, 0.3) is 0 Å². The molecule has 1 heterocycles. The summed E-state index contributed by atoms with van der Waals surface area (Å²) in [6, 6.07) is 11.1. The molecule has 0 unspecified atom stereocenters. The molecule has 2 aromatic rings. The standard InChI is InChI=1S/C13H12N2O2S.C2H6/c1-14-11-4-2-3-5-12(11)15-9-18-13-7-6-10(8-16)17-13;1-2/h2-8,15H,1,9H2;1-2H3.